The van der Waals surface area contributed by atoms with Gasteiger partial charge < -0.3 is 4.98 Å². The van der Waals surface area contributed by atoms with Crippen molar-refractivity contribution in [2.75, 3.05) is 6.54 Å². The van der Waals surface area contributed by atoms with Crippen molar-refractivity contribution in [1.82, 2.24) is 30.1 Å². The van der Waals surface area contributed by atoms with Gasteiger partial charge in [-0.15, -0.1) is 5.10 Å². The van der Waals surface area contributed by atoms with Crippen LogP contribution in [-0.2, 0) is 25.9 Å². The second-order valence-corrected chi connectivity index (χ2v) is 10.2. The average Bonchev–Trinajstić information content (AvgIpc) is 3.41. The minimum atomic E-state index is -0.0452. The average molecular weight is 521 g/mol. The molecule has 39 heavy (non-hydrogen) atoms. The quantitative estimate of drug-likeness (QED) is 0.246. The lowest BCUT2D eigenvalue weighted by Gasteiger charge is -2.30. The molecule has 0 aliphatic heterocycles. The van der Waals surface area contributed by atoms with E-state index >= 15 is 0 Å². The minimum Gasteiger partial charge on any atom is -0.321 e. The second kappa shape index (κ2) is 12.2. The number of nitrogens with one attached hydrogen (secondary N) is 1. The number of aryl methyl sites for hydroxylation is 4. The Balaban J connectivity index is 1.46. The van der Waals surface area contributed by atoms with Crippen LogP contribution in [0.1, 0.15) is 53.0 Å². The number of pyridine rings is 1. The van der Waals surface area contributed by atoms with Gasteiger partial charge in [-0.05, 0) is 77.2 Å². The largest absolute Gasteiger partial charge is 0.321 e. The third kappa shape index (κ3) is 6.15. The summed E-state index contributed by atoms with van der Waals surface area (Å²) in [6, 6.07) is 27.0. The summed E-state index contributed by atoms with van der Waals surface area (Å²) in [4.78, 5) is 18.7. The van der Waals surface area contributed by atoms with Crippen molar-refractivity contribution in [3.8, 4) is 0 Å². The molecule has 0 bridgehead atoms. The van der Waals surface area contributed by atoms with Crippen molar-refractivity contribution in [2.24, 2.45) is 0 Å². The normalized spacial score (nSPS) is 12.3. The van der Waals surface area contributed by atoms with Gasteiger partial charge in [-0.2, -0.15) is 0 Å². The van der Waals surface area contributed by atoms with Gasteiger partial charge in [-0.3, -0.25) is 9.69 Å². The topological polar surface area (TPSA) is 79.7 Å². The molecule has 2 aromatic heterocycles. The van der Waals surface area contributed by atoms with Crippen molar-refractivity contribution < 1.29 is 0 Å². The van der Waals surface area contributed by atoms with Gasteiger partial charge in [-0.25, -0.2) is 4.68 Å². The first-order valence-corrected chi connectivity index (χ1v) is 13.7. The molecule has 7 nitrogen and oxygen atoms in total. The lowest BCUT2D eigenvalue weighted by atomic mass is 10.0. The molecule has 0 radical (unpaired) electrons. The highest BCUT2D eigenvalue weighted by Gasteiger charge is 2.26. The third-order valence-electron chi connectivity index (χ3n) is 7.61. The minimum absolute atomic E-state index is 0.0348. The molecule has 0 aliphatic carbocycles. The van der Waals surface area contributed by atoms with Crippen LogP contribution >= 0.6 is 0 Å². The first-order valence-electron chi connectivity index (χ1n) is 13.7. The van der Waals surface area contributed by atoms with Crippen LogP contribution in [-0.4, -0.2) is 36.6 Å². The van der Waals surface area contributed by atoms with Gasteiger partial charge in [0.05, 0.1) is 11.6 Å². The number of benzene rings is 3. The van der Waals surface area contributed by atoms with Gasteiger partial charge in [0.15, 0.2) is 5.82 Å². The monoisotopic (exact) mass is 520 g/mol. The van der Waals surface area contributed by atoms with Gasteiger partial charge in [0.25, 0.3) is 5.56 Å². The highest BCUT2D eigenvalue weighted by Crippen LogP contribution is 2.26. The van der Waals surface area contributed by atoms with Crippen molar-refractivity contribution in [1.29, 1.82) is 0 Å². The predicted molar refractivity (Wildman–Crippen MR) is 156 cm³/mol. The summed E-state index contributed by atoms with van der Waals surface area (Å²) in [7, 11) is 0. The Morgan fingerprint density at radius 1 is 0.897 bits per heavy atom. The molecule has 0 fully saturated rings. The second-order valence-electron chi connectivity index (χ2n) is 10.2. The van der Waals surface area contributed by atoms with Gasteiger partial charge in [0, 0.05) is 25.2 Å². The van der Waals surface area contributed by atoms with E-state index in [2.05, 4.69) is 93.9 Å². The fourth-order valence-electron chi connectivity index (χ4n) is 5.36. The summed E-state index contributed by atoms with van der Waals surface area (Å²) < 4.78 is 1.93. The van der Waals surface area contributed by atoms with Crippen LogP contribution < -0.4 is 5.56 Å². The number of hydrogen-bond donors (Lipinski definition) is 1. The van der Waals surface area contributed by atoms with Crippen LogP contribution in [0.25, 0.3) is 10.9 Å². The molecular weight excluding hydrogens is 484 g/mol. The molecule has 200 valence electrons. The van der Waals surface area contributed by atoms with E-state index in [-0.39, 0.29) is 11.6 Å². The summed E-state index contributed by atoms with van der Waals surface area (Å²) in [5.41, 5.74) is 6.50. The molecule has 2 heterocycles. The molecule has 5 rings (SSSR count). The highest BCUT2D eigenvalue weighted by molar-refractivity contribution is 5.81. The van der Waals surface area contributed by atoms with Crippen LogP contribution in [0.4, 0.5) is 0 Å². The van der Waals surface area contributed by atoms with Gasteiger partial charge >= 0.3 is 0 Å². The number of nitrogens with zero attached hydrogens (tertiary/aromatic N) is 5. The maximum atomic E-state index is 13.2. The van der Waals surface area contributed by atoms with Crippen molar-refractivity contribution in [3.05, 3.63) is 123 Å². The van der Waals surface area contributed by atoms with Gasteiger partial charge in [0.2, 0.25) is 0 Å². The zero-order valence-corrected chi connectivity index (χ0v) is 23.0. The lowest BCUT2D eigenvalue weighted by molar-refractivity contribution is 0.171. The standard InChI is InChI=1S/C32H36N6O/c1-4-29(31-34-35-36-38(31)20-17-25-13-6-5-7-14-25)37(19-18-26-15-9-8-11-23(26)2)22-28-21-27-16-10-12-24(3)30(27)33-32(28)39/h5-16,21,29H,4,17-20,22H2,1-3H3,(H,33,39)/t29-/m1/s1. The summed E-state index contributed by atoms with van der Waals surface area (Å²) in [6.07, 6.45) is 2.55. The molecule has 0 aliphatic rings. The first-order chi connectivity index (χ1) is 19.0. The zero-order valence-electron chi connectivity index (χ0n) is 23.0. The Hall–Kier alpha value is -4.10. The van der Waals surface area contributed by atoms with Crippen LogP contribution in [0, 0.1) is 13.8 Å². The van der Waals surface area contributed by atoms with Crippen LogP contribution in [0.15, 0.2) is 83.7 Å². The van der Waals surface area contributed by atoms with Crippen LogP contribution in [0.2, 0.25) is 0 Å². The number of aromatic nitrogens is 5. The summed E-state index contributed by atoms with van der Waals surface area (Å²) in [6.45, 7) is 8.32. The number of H-pyrrole nitrogens is 1. The van der Waals surface area contributed by atoms with Crippen molar-refractivity contribution in [3.63, 3.8) is 0 Å². The number of aromatic amines is 1. The van der Waals surface area contributed by atoms with Gasteiger partial charge in [-0.1, -0.05) is 79.7 Å². The lowest BCUT2D eigenvalue weighted by Crippen LogP contribution is -2.34. The molecule has 5 aromatic rings. The van der Waals surface area contributed by atoms with Crippen LogP contribution in [0.5, 0.6) is 0 Å². The van der Waals surface area contributed by atoms with E-state index in [1.165, 1.54) is 16.7 Å². The van der Waals surface area contributed by atoms with Crippen LogP contribution in [0.3, 0.4) is 0 Å². The van der Waals surface area contributed by atoms with E-state index in [0.717, 1.165) is 53.7 Å². The van der Waals surface area contributed by atoms with E-state index < -0.39 is 0 Å². The maximum absolute atomic E-state index is 13.2. The molecule has 7 heteroatoms. The van der Waals surface area contributed by atoms with E-state index in [4.69, 9.17) is 0 Å². The number of fused-ring (bicyclic) bond motifs is 1. The number of rotatable bonds is 11. The molecule has 1 atom stereocenters. The first kappa shape index (κ1) is 26.5. The van der Waals surface area contributed by atoms with Crippen molar-refractivity contribution in [2.45, 2.75) is 59.2 Å². The van der Waals surface area contributed by atoms with Gasteiger partial charge in [0.1, 0.15) is 0 Å². The molecule has 0 spiro atoms. The molecule has 0 saturated heterocycles. The fraction of sp³-hybridized carbons (Fsp3) is 0.312. The Kier molecular flexibility index (Phi) is 8.27. The highest BCUT2D eigenvalue weighted by atomic mass is 16.1. The molecule has 1 N–H and O–H groups in total. The molecule has 3 aromatic carbocycles. The maximum Gasteiger partial charge on any atom is 0.252 e. The van der Waals surface area contributed by atoms with E-state index in [0.29, 0.717) is 13.1 Å². The van der Waals surface area contributed by atoms with E-state index in [9.17, 15) is 4.79 Å². The molecule has 0 saturated carbocycles. The number of para-hydroxylation sites is 1. The molecule has 0 amide bonds. The third-order valence-corrected chi connectivity index (χ3v) is 7.61. The summed E-state index contributed by atoms with van der Waals surface area (Å²) >= 11 is 0. The Morgan fingerprint density at radius 2 is 1.67 bits per heavy atom. The summed E-state index contributed by atoms with van der Waals surface area (Å²) in [5, 5.41) is 14.0. The predicted octanol–water partition coefficient (Wildman–Crippen LogP) is 5.57. The molecular formula is C32H36N6O. The smallest absolute Gasteiger partial charge is 0.252 e. The number of tetrazole rings is 1. The fourth-order valence-corrected chi connectivity index (χ4v) is 5.36. The van der Waals surface area contributed by atoms with E-state index in [1.54, 1.807) is 0 Å². The summed E-state index contributed by atoms with van der Waals surface area (Å²) in [5.74, 6) is 0.839. The van der Waals surface area contributed by atoms with Crippen molar-refractivity contribution >= 4 is 10.9 Å². The Morgan fingerprint density at radius 3 is 2.46 bits per heavy atom. The Labute approximate surface area is 229 Å². The van der Waals surface area contributed by atoms with E-state index in [1.807, 2.05) is 35.9 Å². The molecule has 0 unspecified atom stereocenters. The Bertz CT molecular complexity index is 1590. The number of hydrogen-bond acceptors (Lipinski definition) is 5. The SMILES string of the molecule is CC[C@H](c1nnnn1CCc1ccccc1)N(CCc1ccccc1C)Cc1cc2cccc(C)c2[nH]c1=O. The zero-order chi connectivity index (χ0) is 27.2.